The number of rotatable bonds is 5. The number of likely N-dealkylation sites (tertiary alicyclic amines) is 1. The van der Waals surface area contributed by atoms with Crippen LogP contribution in [-0.2, 0) is 20.9 Å². The van der Waals surface area contributed by atoms with E-state index in [1.807, 2.05) is 12.1 Å². The van der Waals surface area contributed by atoms with Crippen molar-refractivity contribution in [1.29, 1.82) is 0 Å². The number of hydrogen-bond donors (Lipinski definition) is 1. The minimum atomic E-state index is -0.593. The number of nitrogens with one attached hydrogen (secondary N) is 1. The van der Waals surface area contributed by atoms with Crippen LogP contribution in [0.3, 0.4) is 0 Å². The Morgan fingerprint density at radius 2 is 1.87 bits per heavy atom. The Morgan fingerprint density at radius 3 is 2.65 bits per heavy atom. The molecule has 1 aromatic carbocycles. The van der Waals surface area contributed by atoms with Crippen molar-refractivity contribution in [1.82, 2.24) is 15.1 Å². The molecule has 8 nitrogen and oxygen atoms in total. The lowest BCUT2D eigenvalue weighted by atomic mass is 9.89. The van der Waals surface area contributed by atoms with Crippen molar-refractivity contribution in [2.45, 2.75) is 69.4 Å². The number of piperidine rings is 1. The first-order chi connectivity index (χ1) is 15.0. The van der Waals surface area contributed by atoms with Gasteiger partial charge in [-0.05, 0) is 49.4 Å². The molecule has 3 fully saturated rings. The summed E-state index contributed by atoms with van der Waals surface area (Å²) >= 11 is 0. The molecule has 3 heterocycles. The SMILES string of the molecule is COC1CN([C@@H]2CCCC[C@@H]2Oc2ccc3c(c2)CN(C2CCC(=O)NC2=O)C3=O)C1. The molecule has 3 amide bonds. The van der Waals surface area contributed by atoms with E-state index >= 15 is 0 Å². The molecule has 5 rings (SSSR count). The average Bonchev–Trinajstić information content (AvgIpc) is 3.04. The van der Waals surface area contributed by atoms with Crippen LogP contribution in [0.1, 0.15) is 54.4 Å². The largest absolute Gasteiger partial charge is 0.489 e. The molecule has 0 aromatic heterocycles. The molecule has 3 atom stereocenters. The molecule has 0 radical (unpaired) electrons. The van der Waals surface area contributed by atoms with Crippen molar-refractivity contribution in [2.24, 2.45) is 0 Å². The predicted octanol–water partition coefficient (Wildman–Crippen LogP) is 1.47. The Morgan fingerprint density at radius 1 is 1.06 bits per heavy atom. The van der Waals surface area contributed by atoms with E-state index in [0.717, 1.165) is 43.7 Å². The van der Waals surface area contributed by atoms with Crippen LogP contribution >= 0.6 is 0 Å². The van der Waals surface area contributed by atoms with Gasteiger partial charge in [0.2, 0.25) is 11.8 Å². The van der Waals surface area contributed by atoms with E-state index in [0.29, 0.717) is 30.7 Å². The fourth-order valence-electron chi connectivity index (χ4n) is 5.32. The van der Waals surface area contributed by atoms with Crippen molar-refractivity contribution in [3.63, 3.8) is 0 Å². The Balaban J connectivity index is 1.28. The molecule has 2 saturated heterocycles. The number of hydrogen-bond acceptors (Lipinski definition) is 6. The summed E-state index contributed by atoms with van der Waals surface area (Å²) in [7, 11) is 1.76. The molecule has 1 N–H and O–H groups in total. The summed E-state index contributed by atoms with van der Waals surface area (Å²) in [5.74, 6) is -0.0415. The van der Waals surface area contributed by atoms with E-state index in [4.69, 9.17) is 9.47 Å². The van der Waals surface area contributed by atoms with Crippen molar-refractivity contribution < 1.29 is 23.9 Å². The summed E-state index contributed by atoms with van der Waals surface area (Å²) in [6.45, 7) is 2.29. The number of ether oxygens (including phenoxy) is 2. The maximum Gasteiger partial charge on any atom is 0.255 e. The zero-order chi connectivity index (χ0) is 21.5. The van der Waals surface area contributed by atoms with Crippen LogP contribution in [-0.4, -0.2) is 72.0 Å². The van der Waals surface area contributed by atoms with Crippen LogP contribution in [0.2, 0.25) is 0 Å². The molecule has 166 valence electrons. The zero-order valence-electron chi connectivity index (χ0n) is 17.8. The van der Waals surface area contributed by atoms with Crippen LogP contribution in [0.4, 0.5) is 0 Å². The molecular formula is C23H29N3O5. The summed E-state index contributed by atoms with van der Waals surface area (Å²) in [6.07, 6.45) is 5.63. The minimum absolute atomic E-state index is 0.132. The second kappa shape index (κ2) is 8.24. The molecule has 1 aromatic rings. The molecule has 8 heteroatoms. The van der Waals surface area contributed by atoms with Crippen molar-refractivity contribution >= 4 is 17.7 Å². The zero-order valence-corrected chi connectivity index (χ0v) is 17.8. The Hall–Kier alpha value is -2.45. The molecule has 1 saturated carbocycles. The second-order valence-electron chi connectivity index (χ2n) is 9.04. The van der Waals surface area contributed by atoms with E-state index < -0.39 is 6.04 Å². The van der Waals surface area contributed by atoms with Gasteiger partial charge < -0.3 is 14.4 Å². The van der Waals surface area contributed by atoms with E-state index in [2.05, 4.69) is 10.2 Å². The van der Waals surface area contributed by atoms with Crippen molar-refractivity contribution in [2.75, 3.05) is 20.2 Å². The summed E-state index contributed by atoms with van der Waals surface area (Å²) in [6, 6.07) is 5.42. The predicted molar refractivity (Wildman–Crippen MR) is 112 cm³/mol. The lowest BCUT2D eigenvalue weighted by molar-refractivity contribution is -0.136. The monoisotopic (exact) mass is 427 g/mol. The van der Waals surface area contributed by atoms with Gasteiger partial charge in [0.15, 0.2) is 0 Å². The number of fused-ring (bicyclic) bond motifs is 1. The highest BCUT2D eigenvalue weighted by Crippen LogP contribution is 2.34. The average molecular weight is 428 g/mol. The van der Waals surface area contributed by atoms with E-state index in [1.54, 1.807) is 18.1 Å². The van der Waals surface area contributed by atoms with Gasteiger partial charge in [-0.3, -0.25) is 24.6 Å². The lowest BCUT2D eigenvalue weighted by Crippen LogP contribution is -2.60. The van der Waals surface area contributed by atoms with Crippen LogP contribution in [0, 0.1) is 0 Å². The van der Waals surface area contributed by atoms with Gasteiger partial charge in [-0.25, -0.2) is 0 Å². The lowest BCUT2D eigenvalue weighted by Gasteiger charge is -2.47. The third-order valence-corrected chi connectivity index (χ3v) is 7.13. The Kier molecular flexibility index (Phi) is 5.44. The fraction of sp³-hybridized carbons (Fsp3) is 0.609. The molecule has 0 bridgehead atoms. The Bertz CT molecular complexity index is 897. The smallest absolute Gasteiger partial charge is 0.255 e. The molecule has 31 heavy (non-hydrogen) atoms. The van der Waals surface area contributed by atoms with E-state index in [1.165, 1.54) is 6.42 Å². The third kappa shape index (κ3) is 3.83. The number of imide groups is 1. The normalized spacial score (nSPS) is 29.5. The molecule has 4 aliphatic rings. The highest BCUT2D eigenvalue weighted by atomic mass is 16.5. The van der Waals surface area contributed by atoms with Gasteiger partial charge in [0.25, 0.3) is 5.91 Å². The number of methoxy groups -OCH3 is 1. The molecular weight excluding hydrogens is 398 g/mol. The van der Waals surface area contributed by atoms with Gasteiger partial charge in [0.1, 0.15) is 17.9 Å². The first kappa shape index (κ1) is 20.5. The highest BCUT2D eigenvalue weighted by molar-refractivity contribution is 6.05. The van der Waals surface area contributed by atoms with Gasteiger partial charge in [-0.15, -0.1) is 0 Å². The number of carbonyl (C=O) groups is 3. The third-order valence-electron chi connectivity index (χ3n) is 7.13. The highest BCUT2D eigenvalue weighted by Gasteiger charge is 2.40. The van der Waals surface area contributed by atoms with Gasteiger partial charge in [0, 0.05) is 44.8 Å². The van der Waals surface area contributed by atoms with E-state index in [-0.39, 0.29) is 30.2 Å². The summed E-state index contributed by atoms with van der Waals surface area (Å²) in [4.78, 5) is 40.6. The van der Waals surface area contributed by atoms with Gasteiger partial charge in [0.05, 0.1) is 6.10 Å². The number of nitrogens with zero attached hydrogens (tertiary/aromatic N) is 2. The Labute approximate surface area is 181 Å². The van der Waals surface area contributed by atoms with Gasteiger partial charge in [-0.2, -0.15) is 0 Å². The fourth-order valence-corrected chi connectivity index (χ4v) is 5.32. The second-order valence-corrected chi connectivity index (χ2v) is 9.04. The molecule has 3 aliphatic heterocycles. The maximum atomic E-state index is 12.9. The minimum Gasteiger partial charge on any atom is -0.489 e. The summed E-state index contributed by atoms with van der Waals surface area (Å²) in [5.41, 5.74) is 1.49. The summed E-state index contributed by atoms with van der Waals surface area (Å²) < 4.78 is 11.9. The van der Waals surface area contributed by atoms with Gasteiger partial charge >= 0.3 is 0 Å². The van der Waals surface area contributed by atoms with Crippen LogP contribution in [0.5, 0.6) is 5.75 Å². The van der Waals surface area contributed by atoms with Crippen molar-refractivity contribution in [3.8, 4) is 5.75 Å². The molecule has 1 unspecified atom stereocenters. The van der Waals surface area contributed by atoms with Crippen molar-refractivity contribution in [3.05, 3.63) is 29.3 Å². The molecule has 1 aliphatic carbocycles. The first-order valence-electron chi connectivity index (χ1n) is 11.2. The number of amides is 3. The van der Waals surface area contributed by atoms with E-state index in [9.17, 15) is 14.4 Å². The maximum absolute atomic E-state index is 12.9. The topological polar surface area (TPSA) is 88.2 Å². The first-order valence-corrected chi connectivity index (χ1v) is 11.2. The van der Waals surface area contributed by atoms with Gasteiger partial charge in [-0.1, -0.05) is 6.42 Å². The standard InChI is InChI=1S/C23H29N3O5/c1-30-16-12-25(13-16)18-4-2-3-5-20(18)31-15-6-7-17-14(10-15)11-26(23(17)29)19-8-9-21(27)24-22(19)28/h6-7,10,16,18-20H,2-5,8-9,11-13H2,1H3,(H,24,27,28)/t18-,19?,20+/m1/s1. The number of benzene rings is 1. The quantitative estimate of drug-likeness (QED) is 0.716. The van der Waals surface area contributed by atoms with Crippen LogP contribution < -0.4 is 10.1 Å². The van der Waals surface area contributed by atoms with Crippen LogP contribution in [0.25, 0.3) is 0 Å². The summed E-state index contributed by atoms with van der Waals surface area (Å²) in [5, 5.41) is 2.34. The number of carbonyl (C=O) groups excluding carboxylic acids is 3. The van der Waals surface area contributed by atoms with Crippen LogP contribution in [0.15, 0.2) is 18.2 Å². The molecule has 0 spiro atoms.